The van der Waals surface area contributed by atoms with Crippen LogP contribution in [-0.2, 0) is 4.79 Å². The number of urea groups is 1. The molecule has 3 aromatic carbocycles. The van der Waals surface area contributed by atoms with Gasteiger partial charge in [-0.15, -0.1) is 0 Å². The molecular weight excluding hydrogens is 386 g/mol. The standard InChI is InChI=1S/C23H20ClN3O2/c24-21-12-5-4-11-18(21)19-14-20(19)22(28)25-16-9-6-10-17(13-16)27-23(29)26-15-7-2-1-3-8-15/h1-13,19-20H,14H2,(H,25,28)(H2,26,27,29). The Bertz CT molecular complexity index is 1040. The molecule has 146 valence electrons. The van der Waals surface area contributed by atoms with E-state index in [-0.39, 0.29) is 23.8 Å². The van der Waals surface area contributed by atoms with Gasteiger partial charge in [0.25, 0.3) is 0 Å². The molecule has 3 N–H and O–H groups in total. The summed E-state index contributed by atoms with van der Waals surface area (Å²) in [5.74, 6) is 0.0235. The first-order valence-corrected chi connectivity index (χ1v) is 9.76. The summed E-state index contributed by atoms with van der Waals surface area (Å²) in [4.78, 5) is 24.7. The van der Waals surface area contributed by atoms with E-state index in [1.807, 2.05) is 42.5 Å². The summed E-state index contributed by atoms with van der Waals surface area (Å²) in [6.07, 6.45) is 0.785. The monoisotopic (exact) mass is 405 g/mol. The minimum Gasteiger partial charge on any atom is -0.326 e. The van der Waals surface area contributed by atoms with E-state index in [1.165, 1.54) is 0 Å². The third kappa shape index (κ3) is 4.76. The maximum atomic E-state index is 12.6. The zero-order chi connectivity index (χ0) is 20.2. The quantitative estimate of drug-likeness (QED) is 0.507. The van der Waals surface area contributed by atoms with Gasteiger partial charge in [0.05, 0.1) is 0 Å². The molecule has 5 nitrogen and oxygen atoms in total. The number of rotatable bonds is 5. The molecule has 29 heavy (non-hydrogen) atoms. The molecular formula is C23H20ClN3O2. The highest BCUT2D eigenvalue weighted by molar-refractivity contribution is 6.31. The SMILES string of the molecule is O=C(Nc1ccccc1)Nc1cccc(NC(=O)C2CC2c2ccccc2Cl)c1. The fraction of sp³-hybridized carbons (Fsp3) is 0.130. The van der Waals surface area contributed by atoms with Gasteiger partial charge in [-0.05, 0) is 54.3 Å². The lowest BCUT2D eigenvalue weighted by Gasteiger charge is -2.10. The van der Waals surface area contributed by atoms with Gasteiger partial charge in [-0.1, -0.05) is 54.1 Å². The fourth-order valence-electron chi connectivity index (χ4n) is 3.33. The minimum absolute atomic E-state index is 0.0409. The van der Waals surface area contributed by atoms with E-state index < -0.39 is 0 Å². The molecule has 2 unspecified atom stereocenters. The Kier molecular flexibility index (Phi) is 5.49. The number of para-hydroxylation sites is 1. The molecule has 1 aliphatic rings. The summed E-state index contributed by atoms with van der Waals surface area (Å²) < 4.78 is 0. The Hall–Kier alpha value is -3.31. The molecule has 3 amide bonds. The first-order chi connectivity index (χ1) is 14.1. The average Bonchev–Trinajstić information content (AvgIpc) is 3.50. The number of benzene rings is 3. The first-order valence-electron chi connectivity index (χ1n) is 9.38. The van der Waals surface area contributed by atoms with Gasteiger partial charge in [-0.2, -0.15) is 0 Å². The van der Waals surface area contributed by atoms with E-state index >= 15 is 0 Å². The first kappa shape index (κ1) is 19.0. The maximum absolute atomic E-state index is 12.6. The van der Waals surface area contributed by atoms with Crippen LogP contribution in [0.15, 0.2) is 78.9 Å². The Balaban J connectivity index is 1.35. The van der Waals surface area contributed by atoms with Crippen molar-refractivity contribution in [2.45, 2.75) is 12.3 Å². The van der Waals surface area contributed by atoms with Crippen molar-refractivity contribution in [2.75, 3.05) is 16.0 Å². The van der Waals surface area contributed by atoms with Crippen molar-refractivity contribution in [3.8, 4) is 0 Å². The van der Waals surface area contributed by atoms with Crippen LogP contribution in [-0.4, -0.2) is 11.9 Å². The Morgan fingerprint density at radius 1 is 0.759 bits per heavy atom. The third-order valence-electron chi connectivity index (χ3n) is 4.85. The van der Waals surface area contributed by atoms with E-state index in [4.69, 9.17) is 11.6 Å². The van der Waals surface area contributed by atoms with Crippen LogP contribution in [0.4, 0.5) is 21.9 Å². The Labute approximate surface area is 174 Å². The number of hydrogen-bond acceptors (Lipinski definition) is 2. The van der Waals surface area contributed by atoms with Gasteiger partial charge in [-0.25, -0.2) is 4.79 Å². The molecule has 0 spiro atoms. The van der Waals surface area contributed by atoms with Gasteiger partial charge in [0.15, 0.2) is 0 Å². The summed E-state index contributed by atoms with van der Waals surface area (Å²) in [6.45, 7) is 0. The van der Waals surface area contributed by atoms with Gasteiger partial charge < -0.3 is 16.0 Å². The predicted octanol–water partition coefficient (Wildman–Crippen LogP) is 5.73. The van der Waals surface area contributed by atoms with E-state index in [9.17, 15) is 9.59 Å². The van der Waals surface area contributed by atoms with E-state index in [2.05, 4.69) is 16.0 Å². The molecule has 1 saturated carbocycles. The number of amides is 3. The molecule has 1 fully saturated rings. The molecule has 0 aliphatic heterocycles. The van der Waals surface area contributed by atoms with Crippen molar-refractivity contribution in [1.29, 1.82) is 0 Å². The number of carbonyl (C=O) groups is 2. The highest BCUT2D eigenvalue weighted by Gasteiger charge is 2.44. The molecule has 0 aromatic heterocycles. The number of carbonyl (C=O) groups excluding carboxylic acids is 2. The van der Waals surface area contributed by atoms with E-state index in [1.54, 1.807) is 36.4 Å². The van der Waals surface area contributed by atoms with E-state index in [0.717, 1.165) is 12.0 Å². The van der Waals surface area contributed by atoms with Crippen molar-refractivity contribution >= 4 is 40.6 Å². The van der Waals surface area contributed by atoms with Crippen molar-refractivity contribution in [3.05, 3.63) is 89.4 Å². The Morgan fingerprint density at radius 3 is 2.14 bits per heavy atom. The molecule has 0 radical (unpaired) electrons. The topological polar surface area (TPSA) is 70.2 Å². The molecule has 4 rings (SSSR count). The largest absolute Gasteiger partial charge is 0.326 e. The molecule has 6 heteroatoms. The zero-order valence-electron chi connectivity index (χ0n) is 15.6. The van der Waals surface area contributed by atoms with Crippen LogP contribution in [0.25, 0.3) is 0 Å². The summed E-state index contributed by atoms with van der Waals surface area (Å²) in [6, 6.07) is 23.6. The van der Waals surface area contributed by atoms with Crippen LogP contribution < -0.4 is 16.0 Å². The van der Waals surface area contributed by atoms with Crippen LogP contribution in [0.2, 0.25) is 5.02 Å². The minimum atomic E-state index is -0.347. The highest BCUT2D eigenvalue weighted by Crippen LogP contribution is 2.50. The summed E-state index contributed by atoms with van der Waals surface area (Å²) in [7, 11) is 0. The molecule has 0 heterocycles. The second-order valence-electron chi connectivity index (χ2n) is 6.99. The van der Waals surface area contributed by atoms with Crippen LogP contribution in [0.1, 0.15) is 17.9 Å². The fourth-order valence-corrected chi connectivity index (χ4v) is 3.60. The highest BCUT2D eigenvalue weighted by atomic mass is 35.5. The number of hydrogen-bond donors (Lipinski definition) is 3. The van der Waals surface area contributed by atoms with Crippen LogP contribution >= 0.6 is 11.6 Å². The normalized spacial score (nSPS) is 17.3. The lowest BCUT2D eigenvalue weighted by molar-refractivity contribution is -0.117. The second-order valence-corrected chi connectivity index (χ2v) is 7.39. The van der Waals surface area contributed by atoms with Crippen LogP contribution in [0.5, 0.6) is 0 Å². The molecule has 1 aliphatic carbocycles. The maximum Gasteiger partial charge on any atom is 0.323 e. The predicted molar refractivity (Wildman–Crippen MR) is 116 cm³/mol. The van der Waals surface area contributed by atoms with E-state index in [0.29, 0.717) is 22.1 Å². The molecule has 0 bridgehead atoms. The molecule has 2 atom stereocenters. The van der Waals surface area contributed by atoms with Gasteiger partial charge in [0.2, 0.25) is 5.91 Å². The average molecular weight is 406 g/mol. The summed E-state index contributed by atoms with van der Waals surface area (Å²) in [5, 5.41) is 9.16. The van der Waals surface area contributed by atoms with Crippen molar-refractivity contribution in [3.63, 3.8) is 0 Å². The smallest absolute Gasteiger partial charge is 0.323 e. The summed E-state index contributed by atoms with van der Waals surface area (Å²) in [5.41, 5.74) is 2.95. The van der Waals surface area contributed by atoms with Gasteiger partial charge in [-0.3, -0.25) is 4.79 Å². The number of nitrogens with one attached hydrogen (secondary N) is 3. The summed E-state index contributed by atoms with van der Waals surface area (Å²) >= 11 is 6.24. The third-order valence-corrected chi connectivity index (χ3v) is 5.20. The van der Waals surface area contributed by atoms with Crippen LogP contribution in [0.3, 0.4) is 0 Å². The van der Waals surface area contributed by atoms with Crippen LogP contribution in [0, 0.1) is 5.92 Å². The molecule has 3 aromatic rings. The van der Waals surface area contributed by atoms with Gasteiger partial charge >= 0.3 is 6.03 Å². The Morgan fingerprint density at radius 2 is 1.38 bits per heavy atom. The van der Waals surface area contributed by atoms with Gasteiger partial charge in [0, 0.05) is 28.0 Å². The number of anilines is 3. The molecule has 0 saturated heterocycles. The van der Waals surface area contributed by atoms with Crippen molar-refractivity contribution in [1.82, 2.24) is 0 Å². The van der Waals surface area contributed by atoms with Gasteiger partial charge in [0.1, 0.15) is 0 Å². The second kappa shape index (κ2) is 8.37. The zero-order valence-corrected chi connectivity index (χ0v) is 16.3. The lowest BCUT2D eigenvalue weighted by atomic mass is 10.1. The lowest BCUT2D eigenvalue weighted by Crippen LogP contribution is -2.19. The number of halogens is 1. The van der Waals surface area contributed by atoms with Crippen molar-refractivity contribution in [2.24, 2.45) is 5.92 Å². The van der Waals surface area contributed by atoms with Crippen molar-refractivity contribution < 1.29 is 9.59 Å².